The van der Waals surface area contributed by atoms with Crippen molar-refractivity contribution in [3.8, 4) is 0 Å². The van der Waals surface area contributed by atoms with Gasteiger partial charge in [-0.25, -0.2) is 4.79 Å². The average molecular weight is 384 g/mol. The van der Waals surface area contributed by atoms with Gasteiger partial charge in [-0.05, 0) is 40.4 Å². The highest BCUT2D eigenvalue weighted by molar-refractivity contribution is 9.10. The lowest BCUT2D eigenvalue weighted by molar-refractivity contribution is 0.0907. The molecule has 1 amide bonds. The molecule has 0 saturated heterocycles. The summed E-state index contributed by atoms with van der Waals surface area (Å²) in [4.78, 5) is 24.5. The number of fused-ring (bicyclic) bond motifs is 1. The average Bonchev–Trinajstić information content (AvgIpc) is 2.69. The van der Waals surface area contributed by atoms with Gasteiger partial charge in [-0.1, -0.05) is 13.8 Å². The minimum absolute atomic E-state index is 0.104. The van der Waals surface area contributed by atoms with Gasteiger partial charge in [-0.15, -0.1) is 0 Å². The van der Waals surface area contributed by atoms with Crippen molar-refractivity contribution >= 4 is 32.9 Å². The topological polar surface area (TPSA) is 76.3 Å². The van der Waals surface area contributed by atoms with E-state index in [2.05, 4.69) is 21.2 Å². The fourth-order valence-corrected chi connectivity index (χ4v) is 3.22. The summed E-state index contributed by atoms with van der Waals surface area (Å²) in [6.07, 6.45) is 0.700. The molecule has 0 aliphatic rings. The van der Waals surface area contributed by atoms with Crippen LogP contribution in [0.5, 0.6) is 0 Å². The molecule has 0 fully saturated rings. The second-order valence-corrected chi connectivity index (χ2v) is 7.06. The third-order valence-corrected chi connectivity index (χ3v) is 4.57. The number of aliphatic hydroxyl groups excluding tert-OH is 1. The van der Waals surface area contributed by atoms with Gasteiger partial charge in [0.25, 0.3) is 5.91 Å². The Hall–Kier alpha value is -1.60. The fourth-order valence-electron chi connectivity index (χ4n) is 2.71. The lowest BCUT2D eigenvalue weighted by Crippen LogP contribution is -2.38. The number of aryl methyl sites for hydroxylation is 2. The number of hydrogen-bond donors (Lipinski definition) is 2. The summed E-state index contributed by atoms with van der Waals surface area (Å²) in [5.41, 5.74) is 1.75. The SMILES string of the molecule is CC(C)C[C@H](CO)NC(=O)c1cc2c(cc1Br)n(C)c(=O)n2C. The van der Waals surface area contributed by atoms with E-state index in [4.69, 9.17) is 0 Å². The van der Waals surface area contributed by atoms with Crippen LogP contribution in [-0.2, 0) is 14.1 Å². The summed E-state index contributed by atoms with van der Waals surface area (Å²) >= 11 is 3.40. The molecule has 6 nitrogen and oxygen atoms in total. The quantitative estimate of drug-likeness (QED) is 0.825. The maximum Gasteiger partial charge on any atom is 0.328 e. The number of aliphatic hydroxyl groups is 1. The van der Waals surface area contributed by atoms with E-state index in [9.17, 15) is 14.7 Å². The Morgan fingerprint density at radius 3 is 2.35 bits per heavy atom. The van der Waals surface area contributed by atoms with E-state index in [1.807, 2.05) is 13.8 Å². The number of aromatic nitrogens is 2. The van der Waals surface area contributed by atoms with E-state index in [1.165, 1.54) is 9.13 Å². The van der Waals surface area contributed by atoms with Gasteiger partial charge in [-0.3, -0.25) is 13.9 Å². The van der Waals surface area contributed by atoms with Crippen molar-refractivity contribution in [2.45, 2.75) is 26.3 Å². The number of halogens is 1. The smallest absolute Gasteiger partial charge is 0.328 e. The number of hydrogen-bond acceptors (Lipinski definition) is 3. The zero-order chi connectivity index (χ0) is 17.3. The number of amides is 1. The van der Waals surface area contributed by atoms with E-state index in [1.54, 1.807) is 26.2 Å². The van der Waals surface area contributed by atoms with E-state index in [0.717, 1.165) is 5.52 Å². The van der Waals surface area contributed by atoms with Crippen molar-refractivity contribution in [3.05, 3.63) is 32.7 Å². The molecule has 1 aromatic heterocycles. The summed E-state index contributed by atoms with van der Waals surface area (Å²) in [5, 5.41) is 12.3. The van der Waals surface area contributed by atoms with Crippen LogP contribution in [0, 0.1) is 5.92 Å². The minimum Gasteiger partial charge on any atom is -0.394 e. The van der Waals surface area contributed by atoms with Crippen molar-refractivity contribution in [3.63, 3.8) is 0 Å². The van der Waals surface area contributed by atoms with Crippen LogP contribution >= 0.6 is 15.9 Å². The molecular weight excluding hydrogens is 362 g/mol. The van der Waals surface area contributed by atoms with Crippen molar-refractivity contribution in [2.75, 3.05) is 6.61 Å². The van der Waals surface area contributed by atoms with Crippen LogP contribution in [0.4, 0.5) is 0 Å². The monoisotopic (exact) mass is 383 g/mol. The van der Waals surface area contributed by atoms with Crippen LogP contribution in [0.2, 0.25) is 0 Å². The number of nitrogens with one attached hydrogen (secondary N) is 1. The molecule has 2 N–H and O–H groups in total. The highest BCUT2D eigenvalue weighted by Crippen LogP contribution is 2.24. The molecule has 0 aliphatic heterocycles. The maximum atomic E-state index is 12.5. The standard InChI is InChI=1S/C16H22BrN3O3/c1-9(2)5-10(8-21)18-15(22)11-6-13-14(7-12(11)17)20(4)16(23)19(13)3/h6-7,9-10,21H,5,8H2,1-4H3,(H,18,22)/t10-/m1/s1. The molecule has 1 atom stereocenters. The molecule has 2 aromatic rings. The highest BCUT2D eigenvalue weighted by atomic mass is 79.9. The molecule has 23 heavy (non-hydrogen) atoms. The molecule has 0 spiro atoms. The predicted molar refractivity (Wildman–Crippen MR) is 93.7 cm³/mol. The van der Waals surface area contributed by atoms with Gasteiger partial charge in [0.15, 0.2) is 0 Å². The minimum atomic E-state index is -0.287. The zero-order valence-corrected chi connectivity index (χ0v) is 15.3. The van der Waals surface area contributed by atoms with Crippen LogP contribution in [-0.4, -0.2) is 32.8 Å². The third-order valence-electron chi connectivity index (χ3n) is 3.92. The summed E-state index contributed by atoms with van der Waals surface area (Å²) in [6, 6.07) is 3.17. The number of nitrogens with zero attached hydrogens (tertiary/aromatic N) is 2. The van der Waals surface area contributed by atoms with Crippen LogP contribution in [0.15, 0.2) is 21.4 Å². The van der Waals surface area contributed by atoms with Crippen molar-refractivity contribution in [1.82, 2.24) is 14.5 Å². The van der Waals surface area contributed by atoms with Gasteiger partial charge in [0.05, 0.1) is 29.2 Å². The number of benzene rings is 1. The number of carbonyl (C=O) groups excluding carboxylic acids is 1. The van der Waals surface area contributed by atoms with Crippen LogP contribution in [0.25, 0.3) is 11.0 Å². The van der Waals surface area contributed by atoms with Gasteiger partial charge in [0.2, 0.25) is 0 Å². The second kappa shape index (κ2) is 6.88. The Labute approximate surface area is 143 Å². The first kappa shape index (κ1) is 17.7. The molecule has 7 heteroatoms. The number of carbonyl (C=O) groups is 1. The zero-order valence-electron chi connectivity index (χ0n) is 13.8. The second-order valence-electron chi connectivity index (χ2n) is 6.20. The molecule has 2 rings (SSSR count). The third kappa shape index (κ3) is 3.50. The summed E-state index contributed by atoms with van der Waals surface area (Å²) < 4.78 is 3.66. The van der Waals surface area contributed by atoms with E-state index in [0.29, 0.717) is 27.9 Å². The van der Waals surface area contributed by atoms with Crippen molar-refractivity contribution in [2.24, 2.45) is 20.0 Å². The highest BCUT2D eigenvalue weighted by Gasteiger charge is 2.19. The van der Waals surface area contributed by atoms with Gasteiger partial charge in [0, 0.05) is 18.6 Å². The number of rotatable bonds is 5. The van der Waals surface area contributed by atoms with Crippen LogP contribution < -0.4 is 11.0 Å². The molecule has 0 bridgehead atoms. The first-order valence-electron chi connectivity index (χ1n) is 7.53. The summed E-state index contributed by atoms with van der Waals surface area (Å²) in [5.74, 6) is 0.100. The Balaban J connectivity index is 2.39. The molecule has 1 aromatic carbocycles. The largest absolute Gasteiger partial charge is 0.394 e. The van der Waals surface area contributed by atoms with E-state index in [-0.39, 0.29) is 24.2 Å². The molecule has 0 saturated carbocycles. The van der Waals surface area contributed by atoms with E-state index >= 15 is 0 Å². The molecule has 0 aliphatic carbocycles. The summed E-state index contributed by atoms with van der Waals surface area (Å²) in [6.45, 7) is 3.97. The molecular formula is C16H22BrN3O3. The van der Waals surface area contributed by atoms with Gasteiger partial charge < -0.3 is 10.4 Å². The lowest BCUT2D eigenvalue weighted by Gasteiger charge is -2.18. The maximum absolute atomic E-state index is 12.5. The normalized spacial score (nSPS) is 12.8. The molecule has 0 radical (unpaired) electrons. The van der Waals surface area contributed by atoms with Crippen molar-refractivity contribution in [1.29, 1.82) is 0 Å². The Kier molecular flexibility index (Phi) is 5.31. The van der Waals surface area contributed by atoms with Crippen LogP contribution in [0.3, 0.4) is 0 Å². The summed E-state index contributed by atoms with van der Waals surface area (Å²) in [7, 11) is 3.37. The molecule has 1 heterocycles. The fraction of sp³-hybridized carbons (Fsp3) is 0.500. The van der Waals surface area contributed by atoms with Crippen molar-refractivity contribution < 1.29 is 9.90 Å². The first-order chi connectivity index (χ1) is 10.8. The van der Waals surface area contributed by atoms with Gasteiger partial charge in [0.1, 0.15) is 0 Å². The number of imidazole rings is 1. The van der Waals surface area contributed by atoms with Gasteiger partial charge >= 0.3 is 5.69 Å². The molecule has 0 unspecified atom stereocenters. The first-order valence-corrected chi connectivity index (χ1v) is 8.32. The Morgan fingerprint density at radius 2 is 1.83 bits per heavy atom. The predicted octanol–water partition coefficient (Wildman–Crippen LogP) is 1.78. The Bertz CT molecular complexity index is 792. The van der Waals surface area contributed by atoms with Crippen LogP contribution in [0.1, 0.15) is 30.6 Å². The van der Waals surface area contributed by atoms with Gasteiger partial charge in [-0.2, -0.15) is 0 Å². The van der Waals surface area contributed by atoms with E-state index < -0.39 is 0 Å². The lowest BCUT2D eigenvalue weighted by atomic mass is 10.0. The Morgan fingerprint density at radius 1 is 1.26 bits per heavy atom. The molecule has 126 valence electrons.